The summed E-state index contributed by atoms with van der Waals surface area (Å²) < 4.78 is 5.43. The van der Waals surface area contributed by atoms with Gasteiger partial charge in [-0.3, -0.25) is 0 Å². The van der Waals surface area contributed by atoms with E-state index in [1.807, 2.05) is 26.8 Å². The molecular formula is C17H27N5O2. The number of nitrogens with zero attached hydrogens (tertiary/aromatic N) is 3. The Bertz CT molecular complexity index is 575. The van der Waals surface area contributed by atoms with E-state index in [-0.39, 0.29) is 6.09 Å². The van der Waals surface area contributed by atoms with Gasteiger partial charge in [-0.1, -0.05) is 0 Å². The van der Waals surface area contributed by atoms with Crippen molar-refractivity contribution < 1.29 is 9.53 Å². The Kier molecular flexibility index (Phi) is 4.78. The minimum Gasteiger partial charge on any atom is -0.444 e. The molecule has 1 aliphatic heterocycles. The summed E-state index contributed by atoms with van der Waals surface area (Å²) in [5, 5.41) is 6.83. The van der Waals surface area contributed by atoms with Crippen LogP contribution in [-0.4, -0.2) is 51.7 Å². The average molecular weight is 333 g/mol. The van der Waals surface area contributed by atoms with Gasteiger partial charge in [-0.15, -0.1) is 0 Å². The van der Waals surface area contributed by atoms with Crippen LogP contribution in [0.2, 0.25) is 0 Å². The third-order valence-electron chi connectivity index (χ3n) is 4.10. The molecule has 1 saturated carbocycles. The fourth-order valence-corrected chi connectivity index (χ4v) is 2.69. The number of likely N-dealkylation sites (tertiary alicyclic amines) is 1. The maximum atomic E-state index is 12.1. The molecule has 1 aromatic heterocycles. The lowest BCUT2D eigenvalue weighted by molar-refractivity contribution is 0.0210. The van der Waals surface area contributed by atoms with Crippen LogP contribution in [0.4, 0.5) is 16.4 Å². The zero-order valence-corrected chi connectivity index (χ0v) is 14.7. The van der Waals surface area contributed by atoms with E-state index < -0.39 is 5.60 Å². The first-order valence-electron chi connectivity index (χ1n) is 8.72. The Labute approximate surface area is 143 Å². The number of carbonyl (C=O) groups excluding carboxylic acids is 1. The van der Waals surface area contributed by atoms with Crippen LogP contribution in [0.1, 0.15) is 46.5 Å². The third kappa shape index (κ3) is 4.97. The minimum absolute atomic E-state index is 0.223. The lowest BCUT2D eigenvalue weighted by Gasteiger charge is -2.33. The molecule has 1 aliphatic carbocycles. The van der Waals surface area contributed by atoms with Gasteiger partial charge in [0.05, 0.1) is 0 Å². The van der Waals surface area contributed by atoms with Crippen LogP contribution in [-0.2, 0) is 4.74 Å². The van der Waals surface area contributed by atoms with E-state index >= 15 is 0 Å². The number of aromatic nitrogens is 2. The Balaban J connectivity index is 1.47. The first-order valence-corrected chi connectivity index (χ1v) is 8.72. The van der Waals surface area contributed by atoms with Crippen molar-refractivity contribution in [2.75, 3.05) is 23.7 Å². The smallest absolute Gasteiger partial charge is 0.410 e. The molecule has 132 valence electrons. The van der Waals surface area contributed by atoms with Crippen LogP contribution in [0.25, 0.3) is 0 Å². The SMILES string of the molecule is CC(C)(C)OC(=O)N1CCC(Nc2cc(NC3CC3)ncn2)CC1. The molecule has 2 N–H and O–H groups in total. The highest BCUT2D eigenvalue weighted by molar-refractivity contribution is 5.68. The second kappa shape index (κ2) is 6.83. The molecule has 1 aromatic rings. The first kappa shape index (κ1) is 16.8. The molecule has 7 heteroatoms. The molecule has 0 atom stereocenters. The zero-order chi connectivity index (χ0) is 17.2. The minimum atomic E-state index is -0.446. The predicted molar refractivity (Wildman–Crippen MR) is 93.1 cm³/mol. The molecule has 2 fully saturated rings. The number of nitrogens with one attached hydrogen (secondary N) is 2. The summed E-state index contributed by atoms with van der Waals surface area (Å²) in [6.45, 7) is 7.07. The maximum absolute atomic E-state index is 12.1. The lowest BCUT2D eigenvalue weighted by atomic mass is 10.1. The van der Waals surface area contributed by atoms with Crippen molar-refractivity contribution in [1.82, 2.24) is 14.9 Å². The van der Waals surface area contributed by atoms with Crippen molar-refractivity contribution in [3.8, 4) is 0 Å². The van der Waals surface area contributed by atoms with Crippen molar-refractivity contribution >= 4 is 17.7 Å². The van der Waals surface area contributed by atoms with Gasteiger partial charge in [0, 0.05) is 31.2 Å². The molecular weight excluding hydrogens is 306 g/mol. The van der Waals surface area contributed by atoms with E-state index in [1.54, 1.807) is 11.2 Å². The van der Waals surface area contributed by atoms with Crippen LogP contribution < -0.4 is 10.6 Å². The lowest BCUT2D eigenvalue weighted by Crippen LogP contribution is -2.44. The van der Waals surface area contributed by atoms with Crippen molar-refractivity contribution in [3.05, 3.63) is 12.4 Å². The second-order valence-corrected chi connectivity index (χ2v) is 7.59. The summed E-state index contributed by atoms with van der Waals surface area (Å²) >= 11 is 0. The predicted octanol–water partition coefficient (Wildman–Crippen LogP) is 2.86. The molecule has 0 unspecified atom stereocenters. The van der Waals surface area contributed by atoms with Crippen molar-refractivity contribution in [2.24, 2.45) is 0 Å². The highest BCUT2D eigenvalue weighted by Gasteiger charge is 2.27. The summed E-state index contributed by atoms with van der Waals surface area (Å²) in [5.41, 5.74) is -0.446. The van der Waals surface area contributed by atoms with Gasteiger partial charge in [-0.2, -0.15) is 0 Å². The quantitative estimate of drug-likeness (QED) is 0.882. The number of hydrogen-bond acceptors (Lipinski definition) is 6. The van der Waals surface area contributed by atoms with E-state index in [1.165, 1.54) is 12.8 Å². The number of anilines is 2. The zero-order valence-electron chi connectivity index (χ0n) is 14.7. The van der Waals surface area contributed by atoms with E-state index in [0.717, 1.165) is 24.5 Å². The van der Waals surface area contributed by atoms with Gasteiger partial charge >= 0.3 is 6.09 Å². The largest absolute Gasteiger partial charge is 0.444 e. The summed E-state index contributed by atoms with van der Waals surface area (Å²) in [4.78, 5) is 22.4. The molecule has 0 radical (unpaired) electrons. The van der Waals surface area contributed by atoms with Gasteiger partial charge in [-0.25, -0.2) is 14.8 Å². The molecule has 1 amide bonds. The average Bonchev–Trinajstić information content (AvgIpc) is 3.30. The monoisotopic (exact) mass is 333 g/mol. The second-order valence-electron chi connectivity index (χ2n) is 7.59. The van der Waals surface area contributed by atoms with Crippen LogP contribution in [0, 0.1) is 0 Å². The number of amides is 1. The molecule has 0 spiro atoms. The maximum Gasteiger partial charge on any atom is 0.410 e. The normalized spacial score (nSPS) is 19.0. The molecule has 2 aliphatic rings. The summed E-state index contributed by atoms with van der Waals surface area (Å²) in [6.07, 6.45) is 5.57. The topological polar surface area (TPSA) is 79.4 Å². The fourth-order valence-electron chi connectivity index (χ4n) is 2.69. The van der Waals surface area contributed by atoms with E-state index in [4.69, 9.17) is 4.74 Å². The number of carbonyl (C=O) groups is 1. The molecule has 3 rings (SSSR count). The number of piperidine rings is 1. The number of ether oxygens (including phenoxy) is 1. The Morgan fingerprint density at radius 2 is 1.62 bits per heavy atom. The van der Waals surface area contributed by atoms with Gasteiger partial charge < -0.3 is 20.3 Å². The van der Waals surface area contributed by atoms with Crippen LogP contribution in [0.3, 0.4) is 0 Å². The van der Waals surface area contributed by atoms with E-state index in [2.05, 4.69) is 20.6 Å². The van der Waals surface area contributed by atoms with Crippen molar-refractivity contribution in [1.29, 1.82) is 0 Å². The Hall–Kier alpha value is -2.05. The van der Waals surface area contributed by atoms with Gasteiger partial charge in [0.1, 0.15) is 23.6 Å². The van der Waals surface area contributed by atoms with Crippen molar-refractivity contribution in [2.45, 2.75) is 64.1 Å². The number of hydrogen-bond donors (Lipinski definition) is 2. The number of rotatable bonds is 4. The van der Waals surface area contributed by atoms with Crippen LogP contribution >= 0.6 is 0 Å². The summed E-state index contributed by atoms with van der Waals surface area (Å²) in [7, 11) is 0. The van der Waals surface area contributed by atoms with Crippen LogP contribution in [0.5, 0.6) is 0 Å². The van der Waals surface area contributed by atoms with E-state index in [9.17, 15) is 4.79 Å². The van der Waals surface area contributed by atoms with Gasteiger partial charge in [0.25, 0.3) is 0 Å². The Morgan fingerprint density at radius 3 is 2.12 bits per heavy atom. The third-order valence-corrected chi connectivity index (χ3v) is 4.10. The van der Waals surface area contributed by atoms with Gasteiger partial charge in [0.15, 0.2) is 0 Å². The van der Waals surface area contributed by atoms with Crippen LogP contribution in [0.15, 0.2) is 12.4 Å². The molecule has 24 heavy (non-hydrogen) atoms. The van der Waals surface area contributed by atoms with Gasteiger partial charge in [0.2, 0.25) is 0 Å². The molecule has 7 nitrogen and oxygen atoms in total. The molecule has 0 bridgehead atoms. The first-order chi connectivity index (χ1) is 11.4. The summed E-state index contributed by atoms with van der Waals surface area (Å²) in [5.74, 6) is 1.71. The highest BCUT2D eigenvalue weighted by atomic mass is 16.6. The molecule has 2 heterocycles. The molecule has 0 aromatic carbocycles. The standard InChI is InChI=1S/C17H27N5O2/c1-17(2,3)24-16(23)22-8-6-13(7-9-22)21-15-10-14(18-11-19-15)20-12-4-5-12/h10-13H,4-9H2,1-3H3,(H2,18,19,20,21). The summed E-state index contributed by atoms with van der Waals surface area (Å²) in [6, 6.07) is 2.84. The molecule has 1 saturated heterocycles. The fraction of sp³-hybridized carbons (Fsp3) is 0.706. The van der Waals surface area contributed by atoms with Gasteiger partial charge in [-0.05, 0) is 46.5 Å². The highest BCUT2D eigenvalue weighted by Crippen LogP contribution is 2.24. The van der Waals surface area contributed by atoms with Crippen molar-refractivity contribution in [3.63, 3.8) is 0 Å². The Morgan fingerprint density at radius 1 is 1.08 bits per heavy atom. The van der Waals surface area contributed by atoms with E-state index in [0.29, 0.717) is 25.2 Å².